The maximum Gasteiger partial charge on any atom is 0.419 e. The molecule has 0 radical (unpaired) electrons. The van der Waals surface area contributed by atoms with Crippen molar-refractivity contribution in [2.45, 2.75) is 12.8 Å². The van der Waals surface area contributed by atoms with Crippen LogP contribution in [0.25, 0.3) is 11.1 Å². The summed E-state index contributed by atoms with van der Waals surface area (Å²) in [7, 11) is 3.26. The molecule has 1 aromatic heterocycles. The van der Waals surface area contributed by atoms with E-state index in [0.717, 1.165) is 22.5 Å². The van der Waals surface area contributed by atoms with Crippen LogP contribution in [0.4, 0.5) is 5.69 Å². The van der Waals surface area contributed by atoms with E-state index in [9.17, 15) is 9.59 Å². The number of nitrogens with one attached hydrogen (secondary N) is 1. The number of oxazole rings is 1. The molecule has 24 heavy (non-hydrogen) atoms. The molecule has 0 aliphatic heterocycles. The predicted octanol–water partition coefficient (Wildman–Crippen LogP) is 2.71. The number of aromatic nitrogens is 1. The minimum absolute atomic E-state index is 0.0682. The Labute approximate surface area is 138 Å². The minimum atomic E-state index is -0.389. The molecule has 0 atom stereocenters. The summed E-state index contributed by atoms with van der Waals surface area (Å²) < 4.78 is 11.6. The lowest BCUT2D eigenvalue weighted by molar-refractivity contribution is -0.116. The number of methoxy groups -OCH3 is 1. The van der Waals surface area contributed by atoms with Crippen LogP contribution in [0.2, 0.25) is 0 Å². The third-order valence-electron chi connectivity index (χ3n) is 3.87. The fourth-order valence-corrected chi connectivity index (χ4v) is 2.48. The molecule has 0 spiro atoms. The van der Waals surface area contributed by atoms with Gasteiger partial charge in [-0.25, -0.2) is 4.79 Å². The number of carbonyl (C=O) groups excluding carboxylic acids is 1. The summed E-state index contributed by atoms with van der Waals surface area (Å²) in [5.74, 6) is 0.285. The molecule has 0 fully saturated rings. The van der Waals surface area contributed by atoms with Crippen molar-refractivity contribution in [2.75, 3.05) is 12.4 Å². The molecule has 2 aromatic carbocycles. The van der Waals surface area contributed by atoms with Gasteiger partial charge in [-0.15, -0.1) is 0 Å². The molecular formula is C18H18N2O4. The quantitative estimate of drug-likeness (QED) is 0.782. The first kappa shape index (κ1) is 15.9. The Balaban J connectivity index is 1.63. The highest BCUT2D eigenvalue weighted by Gasteiger charge is 2.08. The van der Waals surface area contributed by atoms with E-state index in [1.165, 1.54) is 4.57 Å². The van der Waals surface area contributed by atoms with Crippen LogP contribution < -0.4 is 15.8 Å². The molecule has 1 N–H and O–H groups in total. The van der Waals surface area contributed by atoms with E-state index in [4.69, 9.17) is 9.15 Å². The van der Waals surface area contributed by atoms with E-state index in [1.54, 1.807) is 44.5 Å². The Hall–Kier alpha value is -3.02. The van der Waals surface area contributed by atoms with Crippen molar-refractivity contribution >= 4 is 22.7 Å². The van der Waals surface area contributed by atoms with Crippen molar-refractivity contribution in [3.05, 3.63) is 58.6 Å². The molecule has 1 amide bonds. The number of amides is 1. The average Bonchev–Trinajstić information content (AvgIpc) is 2.88. The van der Waals surface area contributed by atoms with Gasteiger partial charge in [-0.2, -0.15) is 0 Å². The molecule has 0 aliphatic rings. The topological polar surface area (TPSA) is 73.5 Å². The molecule has 3 rings (SSSR count). The second kappa shape index (κ2) is 6.62. The molecule has 124 valence electrons. The number of fused-ring (bicyclic) bond motifs is 1. The number of rotatable bonds is 5. The van der Waals surface area contributed by atoms with Crippen LogP contribution in [0.1, 0.15) is 12.0 Å². The first-order valence-electron chi connectivity index (χ1n) is 7.59. The lowest BCUT2D eigenvalue weighted by atomic mass is 10.1. The SMILES string of the molecule is COc1ccc(NC(=O)CCc2ccc3oc(=O)n(C)c3c2)cc1. The maximum atomic E-state index is 12.1. The lowest BCUT2D eigenvalue weighted by Crippen LogP contribution is -2.12. The molecule has 0 saturated heterocycles. The highest BCUT2D eigenvalue weighted by Crippen LogP contribution is 2.17. The van der Waals surface area contributed by atoms with Crippen LogP contribution >= 0.6 is 0 Å². The van der Waals surface area contributed by atoms with E-state index in [1.807, 2.05) is 12.1 Å². The molecular weight excluding hydrogens is 308 g/mol. The van der Waals surface area contributed by atoms with E-state index >= 15 is 0 Å². The average molecular weight is 326 g/mol. The van der Waals surface area contributed by atoms with Crippen molar-refractivity contribution < 1.29 is 13.9 Å². The predicted molar refractivity (Wildman–Crippen MR) is 91.4 cm³/mol. The Bertz CT molecular complexity index is 922. The fraction of sp³-hybridized carbons (Fsp3) is 0.222. The summed E-state index contributed by atoms with van der Waals surface area (Å²) >= 11 is 0. The highest BCUT2D eigenvalue weighted by molar-refractivity contribution is 5.91. The van der Waals surface area contributed by atoms with Crippen LogP contribution in [0.15, 0.2) is 51.7 Å². The van der Waals surface area contributed by atoms with Crippen LogP contribution in [0.3, 0.4) is 0 Å². The summed E-state index contributed by atoms with van der Waals surface area (Å²) in [6.07, 6.45) is 0.931. The highest BCUT2D eigenvalue weighted by atomic mass is 16.5. The van der Waals surface area contributed by atoms with E-state index in [0.29, 0.717) is 18.4 Å². The lowest BCUT2D eigenvalue weighted by Gasteiger charge is -2.06. The van der Waals surface area contributed by atoms with Gasteiger partial charge in [-0.05, 0) is 48.4 Å². The second-order valence-electron chi connectivity index (χ2n) is 5.51. The van der Waals surface area contributed by atoms with Gasteiger partial charge in [0.15, 0.2) is 5.58 Å². The van der Waals surface area contributed by atoms with E-state index < -0.39 is 0 Å². The van der Waals surface area contributed by atoms with Gasteiger partial charge < -0.3 is 14.5 Å². The summed E-state index contributed by atoms with van der Waals surface area (Å²) in [4.78, 5) is 23.5. The smallest absolute Gasteiger partial charge is 0.419 e. The number of carbonyl (C=O) groups is 1. The number of hydrogen-bond donors (Lipinski definition) is 1. The molecule has 0 aliphatic carbocycles. The van der Waals surface area contributed by atoms with E-state index in [-0.39, 0.29) is 11.7 Å². The zero-order valence-electron chi connectivity index (χ0n) is 13.5. The molecule has 0 bridgehead atoms. The van der Waals surface area contributed by atoms with Gasteiger partial charge in [0.2, 0.25) is 5.91 Å². The number of ether oxygens (including phenoxy) is 1. The standard InChI is InChI=1S/C18H18N2O4/c1-20-15-11-12(3-9-16(15)24-18(20)22)4-10-17(21)19-13-5-7-14(23-2)8-6-13/h3,5-9,11H,4,10H2,1-2H3,(H,19,21). The minimum Gasteiger partial charge on any atom is -0.497 e. The Morgan fingerprint density at radius 3 is 2.67 bits per heavy atom. The largest absolute Gasteiger partial charge is 0.497 e. The third kappa shape index (κ3) is 3.32. The monoisotopic (exact) mass is 326 g/mol. The van der Waals surface area contributed by atoms with Crippen molar-refractivity contribution in [3.63, 3.8) is 0 Å². The zero-order chi connectivity index (χ0) is 17.1. The number of aryl methyl sites for hydroxylation is 2. The normalized spacial score (nSPS) is 10.8. The Morgan fingerprint density at radius 1 is 1.21 bits per heavy atom. The van der Waals surface area contributed by atoms with E-state index in [2.05, 4.69) is 5.32 Å². The first-order valence-corrected chi connectivity index (χ1v) is 7.59. The van der Waals surface area contributed by atoms with Crippen molar-refractivity contribution in [1.82, 2.24) is 4.57 Å². The van der Waals surface area contributed by atoms with Gasteiger partial charge in [0, 0.05) is 19.2 Å². The summed E-state index contributed by atoms with van der Waals surface area (Å²) in [5, 5.41) is 2.85. The molecule has 3 aromatic rings. The molecule has 6 nitrogen and oxygen atoms in total. The summed E-state index contributed by atoms with van der Waals surface area (Å²) in [5.41, 5.74) is 2.99. The second-order valence-corrected chi connectivity index (χ2v) is 5.51. The van der Waals surface area contributed by atoms with Crippen molar-refractivity contribution in [1.29, 1.82) is 0 Å². The van der Waals surface area contributed by atoms with Crippen molar-refractivity contribution in [2.24, 2.45) is 7.05 Å². The number of benzene rings is 2. The van der Waals surface area contributed by atoms with Gasteiger partial charge in [0.05, 0.1) is 12.6 Å². The van der Waals surface area contributed by atoms with Crippen LogP contribution in [-0.2, 0) is 18.3 Å². The van der Waals surface area contributed by atoms with Gasteiger partial charge in [0.25, 0.3) is 0 Å². The maximum absolute atomic E-state index is 12.1. The van der Waals surface area contributed by atoms with Crippen LogP contribution in [0, 0.1) is 0 Å². The molecule has 1 heterocycles. The van der Waals surface area contributed by atoms with Crippen LogP contribution in [0.5, 0.6) is 5.75 Å². The Kier molecular flexibility index (Phi) is 4.37. The third-order valence-corrected chi connectivity index (χ3v) is 3.87. The summed E-state index contributed by atoms with van der Waals surface area (Å²) in [6.45, 7) is 0. The van der Waals surface area contributed by atoms with Gasteiger partial charge in [0.1, 0.15) is 5.75 Å². The fourth-order valence-electron chi connectivity index (χ4n) is 2.48. The van der Waals surface area contributed by atoms with Crippen LogP contribution in [-0.4, -0.2) is 17.6 Å². The van der Waals surface area contributed by atoms with Gasteiger partial charge >= 0.3 is 5.76 Å². The van der Waals surface area contributed by atoms with Gasteiger partial charge in [-0.3, -0.25) is 9.36 Å². The Morgan fingerprint density at radius 2 is 1.96 bits per heavy atom. The number of nitrogens with zero attached hydrogens (tertiary/aromatic N) is 1. The molecule has 6 heteroatoms. The summed E-state index contributed by atoms with van der Waals surface area (Å²) in [6, 6.07) is 12.7. The molecule has 0 saturated carbocycles. The van der Waals surface area contributed by atoms with Gasteiger partial charge in [-0.1, -0.05) is 6.07 Å². The molecule has 0 unspecified atom stereocenters. The van der Waals surface area contributed by atoms with Crippen molar-refractivity contribution in [3.8, 4) is 5.75 Å². The first-order chi connectivity index (χ1) is 11.6. The zero-order valence-corrected chi connectivity index (χ0v) is 13.5. The number of anilines is 1. The number of hydrogen-bond acceptors (Lipinski definition) is 4.